The number of anilines is 1. The van der Waals surface area contributed by atoms with E-state index >= 15 is 0 Å². The van der Waals surface area contributed by atoms with Crippen LogP contribution in [-0.2, 0) is 0 Å². The van der Waals surface area contributed by atoms with Crippen molar-refractivity contribution in [1.82, 2.24) is 9.80 Å². The number of nitrogens with one attached hydrogen (secondary N) is 1. The molecule has 1 saturated heterocycles. The quantitative estimate of drug-likeness (QED) is 0.816. The minimum Gasteiger partial charge on any atom is -0.486 e. The molecule has 0 atom stereocenters. The van der Waals surface area contributed by atoms with Gasteiger partial charge >= 0.3 is 0 Å². The fourth-order valence-corrected chi connectivity index (χ4v) is 4.36. The van der Waals surface area contributed by atoms with E-state index in [0.29, 0.717) is 13.2 Å². The van der Waals surface area contributed by atoms with Crippen LogP contribution in [0.25, 0.3) is 0 Å². The lowest BCUT2D eigenvalue weighted by atomic mass is 9.94. The second kappa shape index (κ2) is 7.79. The molecule has 0 spiro atoms. The van der Waals surface area contributed by atoms with Gasteiger partial charge in [0.2, 0.25) is 0 Å². The highest BCUT2D eigenvalue weighted by molar-refractivity contribution is 7.80. The molecular weight excluding hydrogens is 334 g/mol. The van der Waals surface area contributed by atoms with Crippen LogP contribution < -0.4 is 14.8 Å². The van der Waals surface area contributed by atoms with Gasteiger partial charge in [-0.2, -0.15) is 0 Å². The number of rotatable bonds is 2. The molecule has 5 nitrogen and oxygen atoms in total. The van der Waals surface area contributed by atoms with Crippen LogP contribution in [0.3, 0.4) is 0 Å². The predicted molar refractivity (Wildman–Crippen MR) is 104 cm³/mol. The molecule has 0 bridgehead atoms. The molecule has 3 aliphatic rings. The van der Waals surface area contributed by atoms with Crippen molar-refractivity contribution in [2.75, 3.05) is 44.7 Å². The van der Waals surface area contributed by atoms with E-state index in [1.807, 2.05) is 18.2 Å². The SMILES string of the molecule is S=C(Nc1ccc2c(c1)OCCO2)N1CCN(C2CCCCC2)CC1. The van der Waals surface area contributed by atoms with Gasteiger partial charge in [0.15, 0.2) is 16.6 Å². The first-order valence-electron chi connectivity index (χ1n) is 9.49. The maximum Gasteiger partial charge on any atom is 0.173 e. The number of piperazine rings is 1. The van der Waals surface area contributed by atoms with Crippen LogP contribution in [0.4, 0.5) is 5.69 Å². The third-order valence-corrected chi connectivity index (χ3v) is 5.85. The fraction of sp³-hybridized carbons (Fsp3) is 0.632. The van der Waals surface area contributed by atoms with E-state index in [1.54, 1.807) is 0 Å². The van der Waals surface area contributed by atoms with Crippen molar-refractivity contribution in [3.63, 3.8) is 0 Å². The summed E-state index contributed by atoms with van der Waals surface area (Å²) in [7, 11) is 0. The average Bonchev–Trinajstić information content (AvgIpc) is 2.69. The molecular formula is C19H27N3O2S. The van der Waals surface area contributed by atoms with Gasteiger partial charge in [-0.05, 0) is 37.2 Å². The number of benzene rings is 1. The van der Waals surface area contributed by atoms with Crippen molar-refractivity contribution in [2.24, 2.45) is 0 Å². The predicted octanol–water partition coefficient (Wildman–Crippen LogP) is 3.10. The highest BCUT2D eigenvalue weighted by Gasteiger charge is 2.26. The number of ether oxygens (including phenoxy) is 2. The molecule has 25 heavy (non-hydrogen) atoms. The summed E-state index contributed by atoms with van der Waals surface area (Å²) in [5, 5.41) is 4.16. The standard InChI is InChI=1S/C19H27N3O2S/c25-19(20-15-6-7-17-18(14-15)24-13-12-23-17)22-10-8-21(9-11-22)16-4-2-1-3-5-16/h6-7,14,16H,1-5,8-13H2,(H,20,25). The molecule has 2 fully saturated rings. The molecule has 1 saturated carbocycles. The molecule has 2 heterocycles. The summed E-state index contributed by atoms with van der Waals surface area (Å²) in [5.74, 6) is 1.60. The molecule has 0 amide bonds. The van der Waals surface area contributed by atoms with Crippen molar-refractivity contribution in [3.8, 4) is 11.5 Å². The second-order valence-corrected chi connectivity index (χ2v) is 7.49. The van der Waals surface area contributed by atoms with E-state index in [2.05, 4.69) is 15.1 Å². The number of hydrogen-bond acceptors (Lipinski definition) is 4. The van der Waals surface area contributed by atoms with Crippen molar-refractivity contribution in [2.45, 2.75) is 38.1 Å². The van der Waals surface area contributed by atoms with Gasteiger partial charge in [-0.3, -0.25) is 4.90 Å². The molecule has 0 radical (unpaired) electrons. The molecule has 1 N–H and O–H groups in total. The Kier molecular flexibility index (Phi) is 5.27. The Hall–Kier alpha value is -1.53. The van der Waals surface area contributed by atoms with Crippen molar-refractivity contribution in [1.29, 1.82) is 0 Å². The van der Waals surface area contributed by atoms with Crippen LogP contribution in [-0.4, -0.2) is 60.3 Å². The third-order valence-electron chi connectivity index (χ3n) is 5.49. The molecule has 1 aromatic carbocycles. The van der Waals surface area contributed by atoms with Crippen LogP contribution in [0.5, 0.6) is 11.5 Å². The number of thiocarbonyl (C=S) groups is 1. The van der Waals surface area contributed by atoms with E-state index in [1.165, 1.54) is 32.1 Å². The zero-order chi connectivity index (χ0) is 17.1. The average molecular weight is 362 g/mol. The van der Waals surface area contributed by atoms with Crippen LogP contribution in [0, 0.1) is 0 Å². The Morgan fingerprint density at radius 2 is 1.68 bits per heavy atom. The first-order valence-corrected chi connectivity index (χ1v) is 9.90. The van der Waals surface area contributed by atoms with E-state index < -0.39 is 0 Å². The van der Waals surface area contributed by atoms with Crippen LogP contribution >= 0.6 is 12.2 Å². The minimum absolute atomic E-state index is 0.601. The zero-order valence-electron chi connectivity index (χ0n) is 14.7. The van der Waals surface area contributed by atoms with Gasteiger partial charge in [-0.1, -0.05) is 19.3 Å². The summed E-state index contributed by atoms with van der Waals surface area (Å²) >= 11 is 5.63. The van der Waals surface area contributed by atoms with Gasteiger partial charge in [-0.15, -0.1) is 0 Å². The molecule has 136 valence electrons. The Balaban J connectivity index is 1.30. The van der Waals surface area contributed by atoms with E-state index in [-0.39, 0.29) is 0 Å². The lowest BCUT2D eigenvalue weighted by Crippen LogP contribution is -2.53. The fourth-order valence-electron chi connectivity index (χ4n) is 4.06. The topological polar surface area (TPSA) is 37.0 Å². The largest absolute Gasteiger partial charge is 0.486 e. The van der Waals surface area contributed by atoms with Crippen molar-refractivity contribution >= 4 is 23.0 Å². The Labute approximate surface area is 155 Å². The van der Waals surface area contributed by atoms with Gasteiger partial charge < -0.3 is 19.7 Å². The van der Waals surface area contributed by atoms with Crippen molar-refractivity contribution < 1.29 is 9.47 Å². The Bertz CT molecular complexity index is 611. The lowest BCUT2D eigenvalue weighted by molar-refractivity contribution is 0.108. The highest BCUT2D eigenvalue weighted by atomic mass is 32.1. The molecule has 1 aliphatic carbocycles. The summed E-state index contributed by atoms with van der Waals surface area (Å²) in [4.78, 5) is 4.95. The molecule has 2 aliphatic heterocycles. The minimum atomic E-state index is 0.601. The second-order valence-electron chi connectivity index (χ2n) is 7.10. The zero-order valence-corrected chi connectivity index (χ0v) is 15.5. The van der Waals surface area contributed by atoms with Gasteiger partial charge in [0.25, 0.3) is 0 Å². The normalized spacial score (nSPS) is 21.8. The summed E-state index contributed by atoms with van der Waals surface area (Å²) in [6.45, 7) is 5.47. The summed E-state index contributed by atoms with van der Waals surface area (Å²) in [5.41, 5.74) is 0.962. The number of fused-ring (bicyclic) bond motifs is 1. The number of nitrogens with zero attached hydrogens (tertiary/aromatic N) is 2. The maximum atomic E-state index is 5.64. The molecule has 1 aromatic rings. The Morgan fingerprint density at radius 1 is 0.960 bits per heavy atom. The van der Waals surface area contributed by atoms with Gasteiger partial charge in [-0.25, -0.2) is 0 Å². The van der Waals surface area contributed by atoms with Gasteiger partial charge in [0.1, 0.15) is 13.2 Å². The van der Waals surface area contributed by atoms with Crippen molar-refractivity contribution in [3.05, 3.63) is 18.2 Å². The third kappa shape index (κ3) is 4.01. The first kappa shape index (κ1) is 16.9. The van der Waals surface area contributed by atoms with Crippen LogP contribution in [0.1, 0.15) is 32.1 Å². The molecule has 0 aromatic heterocycles. The highest BCUT2D eigenvalue weighted by Crippen LogP contribution is 2.32. The first-order chi connectivity index (χ1) is 12.3. The number of hydrogen-bond donors (Lipinski definition) is 1. The van der Waals surface area contributed by atoms with Gasteiger partial charge in [0, 0.05) is 44.0 Å². The lowest BCUT2D eigenvalue weighted by Gasteiger charge is -2.41. The monoisotopic (exact) mass is 361 g/mol. The van der Waals surface area contributed by atoms with E-state index in [9.17, 15) is 0 Å². The van der Waals surface area contributed by atoms with Crippen LogP contribution in [0.15, 0.2) is 18.2 Å². The Morgan fingerprint density at radius 3 is 2.44 bits per heavy atom. The smallest absolute Gasteiger partial charge is 0.173 e. The maximum absolute atomic E-state index is 5.64. The molecule has 6 heteroatoms. The molecule has 4 rings (SSSR count). The summed E-state index contributed by atoms with van der Waals surface area (Å²) in [6.07, 6.45) is 6.96. The van der Waals surface area contributed by atoms with Crippen LogP contribution in [0.2, 0.25) is 0 Å². The van der Waals surface area contributed by atoms with Gasteiger partial charge in [0.05, 0.1) is 0 Å². The summed E-state index contributed by atoms with van der Waals surface area (Å²) in [6, 6.07) is 6.72. The van der Waals surface area contributed by atoms with E-state index in [0.717, 1.165) is 54.5 Å². The molecule has 0 unspecified atom stereocenters. The van der Waals surface area contributed by atoms with E-state index in [4.69, 9.17) is 21.7 Å². The summed E-state index contributed by atoms with van der Waals surface area (Å²) < 4.78 is 11.2.